The first kappa shape index (κ1) is 13.2. The van der Waals surface area contributed by atoms with Crippen LogP contribution in [0.4, 0.5) is 0 Å². The minimum atomic E-state index is -1.01. The first-order valence-corrected chi connectivity index (χ1v) is 5.50. The van der Waals surface area contributed by atoms with Gasteiger partial charge in [0.2, 0.25) is 6.41 Å². The van der Waals surface area contributed by atoms with Gasteiger partial charge in [-0.25, -0.2) is 4.79 Å². The Morgan fingerprint density at radius 3 is 2.35 bits per heavy atom. The molecule has 0 spiro atoms. The minimum absolute atomic E-state index is 0.159. The maximum atomic E-state index is 11.4. The van der Waals surface area contributed by atoms with E-state index in [0.29, 0.717) is 12.0 Å². The highest BCUT2D eigenvalue weighted by Gasteiger charge is 2.29. The Morgan fingerprint density at radius 1 is 1.35 bits per heavy atom. The van der Waals surface area contributed by atoms with Gasteiger partial charge in [0.25, 0.3) is 0 Å². The number of rotatable bonds is 5. The van der Waals surface area contributed by atoms with Crippen molar-refractivity contribution in [3.8, 4) is 0 Å². The first-order valence-electron chi connectivity index (χ1n) is 5.50. The summed E-state index contributed by atoms with van der Waals surface area (Å²) in [6, 6.07) is 6.13. The van der Waals surface area contributed by atoms with E-state index in [4.69, 9.17) is 0 Å². The lowest BCUT2D eigenvalue weighted by Gasteiger charge is -2.29. The highest BCUT2D eigenvalue weighted by atomic mass is 16.4. The van der Waals surface area contributed by atoms with Gasteiger partial charge in [0, 0.05) is 6.04 Å². The number of hydrogen-bond donors (Lipinski definition) is 1. The normalized spacial score (nSPS) is 12.2. The Morgan fingerprint density at radius 2 is 1.94 bits per heavy atom. The molecule has 0 saturated carbocycles. The van der Waals surface area contributed by atoms with E-state index >= 15 is 0 Å². The van der Waals surface area contributed by atoms with Gasteiger partial charge in [0.1, 0.15) is 0 Å². The van der Waals surface area contributed by atoms with E-state index in [9.17, 15) is 14.7 Å². The van der Waals surface area contributed by atoms with Crippen LogP contribution in [0.25, 0.3) is 0 Å². The molecule has 0 fully saturated rings. The molecular weight excluding hydrogens is 218 g/mol. The SMILES string of the molecule is Cc1ccccc1C(C(=O)O)N(C=O)C(C)C. The zero-order chi connectivity index (χ0) is 13.0. The molecule has 0 aliphatic heterocycles. The van der Waals surface area contributed by atoms with Crippen molar-refractivity contribution in [1.29, 1.82) is 0 Å². The lowest BCUT2D eigenvalue weighted by Crippen LogP contribution is -2.38. The summed E-state index contributed by atoms with van der Waals surface area (Å²) < 4.78 is 0. The van der Waals surface area contributed by atoms with E-state index in [1.54, 1.807) is 26.0 Å². The van der Waals surface area contributed by atoms with Crippen molar-refractivity contribution in [3.05, 3.63) is 35.4 Å². The summed E-state index contributed by atoms with van der Waals surface area (Å²) in [4.78, 5) is 23.7. The molecule has 1 aromatic carbocycles. The molecule has 1 atom stereocenters. The van der Waals surface area contributed by atoms with Gasteiger partial charge in [-0.2, -0.15) is 0 Å². The summed E-state index contributed by atoms with van der Waals surface area (Å²) in [5.41, 5.74) is 1.52. The molecule has 0 aromatic heterocycles. The number of aryl methyl sites for hydroxylation is 1. The quantitative estimate of drug-likeness (QED) is 0.794. The highest BCUT2D eigenvalue weighted by molar-refractivity contribution is 5.78. The molecule has 4 heteroatoms. The van der Waals surface area contributed by atoms with Crippen LogP contribution in [0.5, 0.6) is 0 Å². The Bertz CT molecular complexity index is 415. The molecule has 17 heavy (non-hydrogen) atoms. The van der Waals surface area contributed by atoms with Crippen molar-refractivity contribution >= 4 is 12.4 Å². The number of carboxylic acid groups (broad SMARTS) is 1. The fourth-order valence-corrected chi connectivity index (χ4v) is 1.80. The molecule has 1 amide bonds. The van der Waals surface area contributed by atoms with E-state index < -0.39 is 12.0 Å². The number of benzene rings is 1. The summed E-state index contributed by atoms with van der Waals surface area (Å²) in [5, 5.41) is 9.30. The number of hydrogen-bond acceptors (Lipinski definition) is 2. The number of aliphatic carboxylic acids is 1. The van der Waals surface area contributed by atoms with Crippen molar-refractivity contribution in [2.75, 3.05) is 0 Å². The van der Waals surface area contributed by atoms with Gasteiger partial charge in [-0.3, -0.25) is 4.79 Å². The van der Waals surface area contributed by atoms with Crippen LogP contribution in [0.1, 0.15) is 31.0 Å². The second kappa shape index (κ2) is 5.48. The monoisotopic (exact) mass is 235 g/mol. The summed E-state index contributed by atoms with van der Waals surface area (Å²) >= 11 is 0. The van der Waals surface area contributed by atoms with Gasteiger partial charge in [-0.15, -0.1) is 0 Å². The topological polar surface area (TPSA) is 57.6 Å². The Kier molecular flexibility index (Phi) is 4.26. The molecule has 1 rings (SSSR count). The zero-order valence-corrected chi connectivity index (χ0v) is 10.3. The number of nitrogens with zero attached hydrogens (tertiary/aromatic N) is 1. The van der Waals surface area contributed by atoms with Crippen LogP contribution in [0.3, 0.4) is 0 Å². The van der Waals surface area contributed by atoms with Crippen molar-refractivity contribution in [2.45, 2.75) is 32.9 Å². The van der Waals surface area contributed by atoms with Crippen LogP contribution >= 0.6 is 0 Å². The molecular formula is C13H17NO3. The maximum Gasteiger partial charge on any atom is 0.331 e. The summed E-state index contributed by atoms with van der Waals surface area (Å²) in [6.07, 6.45) is 0.593. The van der Waals surface area contributed by atoms with Crippen molar-refractivity contribution in [3.63, 3.8) is 0 Å². The fourth-order valence-electron chi connectivity index (χ4n) is 1.80. The number of carbonyl (C=O) groups excluding carboxylic acids is 1. The minimum Gasteiger partial charge on any atom is -0.479 e. The van der Waals surface area contributed by atoms with Crippen LogP contribution in [0.2, 0.25) is 0 Å². The molecule has 0 heterocycles. The predicted molar refractivity (Wildman–Crippen MR) is 64.6 cm³/mol. The molecule has 1 aromatic rings. The van der Waals surface area contributed by atoms with Crippen molar-refractivity contribution < 1.29 is 14.7 Å². The summed E-state index contributed by atoms with van der Waals surface area (Å²) in [5.74, 6) is -1.01. The Hall–Kier alpha value is -1.84. The van der Waals surface area contributed by atoms with Crippen molar-refractivity contribution in [1.82, 2.24) is 4.90 Å². The molecule has 1 N–H and O–H groups in total. The van der Waals surface area contributed by atoms with Crippen molar-refractivity contribution in [2.24, 2.45) is 0 Å². The van der Waals surface area contributed by atoms with E-state index in [0.717, 1.165) is 5.56 Å². The standard InChI is InChI=1S/C13H17NO3/c1-9(2)14(8-15)12(13(16)17)11-7-5-4-6-10(11)3/h4-9,12H,1-3H3,(H,16,17). The Labute approximate surface area is 101 Å². The molecule has 92 valence electrons. The van der Waals surface area contributed by atoms with Gasteiger partial charge in [-0.1, -0.05) is 24.3 Å². The van der Waals surface area contributed by atoms with Gasteiger partial charge >= 0.3 is 5.97 Å². The predicted octanol–water partition coefficient (Wildman–Crippen LogP) is 1.99. The zero-order valence-electron chi connectivity index (χ0n) is 10.3. The van der Waals surface area contributed by atoms with E-state index in [1.807, 2.05) is 19.1 Å². The van der Waals surface area contributed by atoms with Gasteiger partial charge in [0.15, 0.2) is 6.04 Å². The number of carboxylic acids is 1. The molecule has 1 unspecified atom stereocenters. The molecule has 0 saturated heterocycles. The second-order valence-electron chi connectivity index (χ2n) is 4.24. The summed E-state index contributed by atoms with van der Waals surface area (Å²) in [7, 11) is 0. The van der Waals surface area contributed by atoms with Crippen LogP contribution in [-0.2, 0) is 9.59 Å². The molecule has 0 aliphatic rings. The van der Waals surface area contributed by atoms with Gasteiger partial charge < -0.3 is 10.0 Å². The maximum absolute atomic E-state index is 11.4. The number of amides is 1. The fraction of sp³-hybridized carbons (Fsp3) is 0.385. The van der Waals surface area contributed by atoms with E-state index in [-0.39, 0.29) is 6.04 Å². The first-order chi connectivity index (χ1) is 7.99. The second-order valence-corrected chi connectivity index (χ2v) is 4.24. The van der Waals surface area contributed by atoms with E-state index in [1.165, 1.54) is 4.90 Å². The summed E-state index contributed by atoms with van der Waals surface area (Å²) in [6.45, 7) is 5.43. The molecule has 0 radical (unpaired) electrons. The third-order valence-corrected chi connectivity index (χ3v) is 2.73. The lowest BCUT2D eigenvalue weighted by molar-refractivity contribution is -0.148. The average molecular weight is 235 g/mol. The van der Waals surface area contributed by atoms with E-state index in [2.05, 4.69) is 0 Å². The van der Waals surface area contributed by atoms with Gasteiger partial charge in [-0.05, 0) is 31.9 Å². The third kappa shape index (κ3) is 2.84. The third-order valence-electron chi connectivity index (χ3n) is 2.73. The van der Waals surface area contributed by atoms with Crippen LogP contribution in [0.15, 0.2) is 24.3 Å². The van der Waals surface area contributed by atoms with Crippen LogP contribution in [0, 0.1) is 6.92 Å². The largest absolute Gasteiger partial charge is 0.479 e. The van der Waals surface area contributed by atoms with Gasteiger partial charge in [0.05, 0.1) is 0 Å². The molecule has 0 bridgehead atoms. The molecule has 0 aliphatic carbocycles. The Balaban J connectivity index is 3.22. The average Bonchev–Trinajstić information content (AvgIpc) is 2.26. The van der Waals surface area contributed by atoms with Crippen LogP contribution < -0.4 is 0 Å². The van der Waals surface area contributed by atoms with Crippen LogP contribution in [-0.4, -0.2) is 28.4 Å². The number of carbonyl (C=O) groups is 2. The lowest BCUT2D eigenvalue weighted by atomic mass is 9.99. The smallest absolute Gasteiger partial charge is 0.331 e. The highest BCUT2D eigenvalue weighted by Crippen LogP contribution is 2.24. The molecule has 4 nitrogen and oxygen atoms in total.